The van der Waals surface area contributed by atoms with Crippen LogP contribution < -0.4 is 0 Å². The summed E-state index contributed by atoms with van der Waals surface area (Å²) >= 11 is 1.47. The normalized spacial score (nSPS) is 17.3. The fourth-order valence-electron chi connectivity index (χ4n) is 3.45. The van der Waals surface area contributed by atoms with E-state index in [0.29, 0.717) is 18.3 Å². The summed E-state index contributed by atoms with van der Waals surface area (Å²) in [7, 11) is 0. The van der Waals surface area contributed by atoms with Crippen LogP contribution in [0.1, 0.15) is 32.6 Å². The molecule has 1 unspecified atom stereocenters. The number of likely N-dealkylation sites (tertiary alicyclic amines) is 1. The van der Waals surface area contributed by atoms with Crippen LogP contribution in [0.4, 0.5) is 0 Å². The van der Waals surface area contributed by atoms with Crippen LogP contribution in [0, 0.1) is 0 Å². The van der Waals surface area contributed by atoms with Crippen molar-refractivity contribution in [3.8, 4) is 11.4 Å². The zero-order valence-corrected chi connectivity index (χ0v) is 16.1. The van der Waals surface area contributed by atoms with E-state index in [1.54, 1.807) is 0 Å². The SMILES string of the molecule is C=CCn1c(SCC(=O)N2CCCCC2CC)nnc1-c1ccccc1. The largest absolute Gasteiger partial charge is 0.339 e. The molecule has 26 heavy (non-hydrogen) atoms. The van der Waals surface area contributed by atoms with Crippen molar-refractivity contribution in [2.45, 2.75) is 50.4 Å². The highest BCUT2D eigenvalue weighted by atomic mass is 32.2. The summed E-state index contributed by atoms with van der Waals surface area (Å²) in [5.74, 6) is 1.42. The van der Waals surface area contributed by atoms with Crippen molar-refractivity contribution in [1.29, 1.82) is 0 Å². The molecule has 1 aliphatic heterocycles. The van der Waals surface area contributed by atoms with E-state index in [0.717, 1.165) is 42.4 Å². The summed E-state index contributed by atoms with van der Waals surface area (Å²) in [4.78, 5) is 14.8. The Labute approximate surface area is 159 Å². The second-order valence-corrected chi connectivity index (χ2v) is 7.45. The summed E-state index contributed by atoms with van der Waals surface area (Å²) in [6.07, 6.45) is 6.32. The van der Waals surface area contributed by atoms with Crippen molar-refractivity contribution >= 4 is 17.7 Å². The Bertz CT molecular complexity index is 744. The molecule has 0 saturated carbocycles. The number of allylic oxidation sites excluding steroid dienone is 1. The minimum absolute atomic E-state index is 0.205. The number of nitrogens with zero attached hydrogens (tertiary/aromatic N) is 4. The monoisotopic (exact) mass is 370 g/mol. The predicted octanol–water partition coefficient (Wildman–Crippen LogP) is 4.01. The molecule has 1 saturated heterocycles. The highest BCUT2D eigenvalue weighted by Gasteiger charge is 2.25. The summed E-state index contributed by atoms with van der Waals surface area (Å²) < 4.78 is 2.02. The van der Waals surface area contributed by atoms with Gasteiger partial charge < -0.3 is 4.90 Å². The molecular weight excluding hydrogens is 344 g/mol. The fraction of sp³-hybridized carbons (Fsp3) is 0.450. The summed E-state index contributed by atoms with van der Waals surface area (Å²) in [5, 5.41) is 9.44. The average Bonchev–Trinajstić information content (AvgIpc) is 3.09. The number of carbonyl (C=O) groups is 1. The molecule has 3 rings (SSSR count). The van der Waals surface area contributed by atoms with Gasteiger partial charge in [0.25, 0.3) is 0 Å². The molecule has 1 fully saturated rings. The van der Waals surface area contributed by atoms with Gasteiger partial charge in [-0.1, -0.05) is 55.1 Å². The Morgan fingerprint density at radius 3 is 2.85 bits per heavy atom. The van der Waals surface area contributed by atoms with E-state index in [4.69, 9.17) is 0 Å². The molecule has 0 bridgehead atoms. The van der Waals surface area contributed by atoms with Crippen molar-refractivity contribution in [1.82, 2.24) is 19.7 Å². The molecular formula is C20H26N4OS. The van der Waals surface area contributed by atoms with Crippen molar-refractivity contribution < 1.29 is 4.79 Å². The number of carbonyl (C=O) groups excluding carboxylic acids is 1. The molecule has 2 heterocycles. The maximum Gasteiger partial charge on any atom is 0.233 e. The zero-order chi connectivity index (χ0) is 18.4. The van der Waals surface area contributed by atoms with Crippen LogP contribution in [0.5, 0.6) is 0 Å². The average molecular weight is 371 g/mol. The van der Waals surface area contributed by atoms with Crippen LogP contribution in [0.25, 0.3) is 11.4 Å². The van der Waals surface area contributed by atoms with Crippen molar-refractivity contribution in [3.63, 3.8) is 0 Å². The molecule has 2 aromatic rings. The lowest BCUT2D eigenvalue weighted by atomic mass is 10.0. The first kappa shape index (κ1) is 18.7. The van der Waals surface area contributed by atoms with Gasteiger partial charge in [0.15, 0.2) is 11.0 Å². The second-order valence-electron chi connectivity index (χ2n) is 6.51. The first-order chi connectivity index (χ1) is 12.7. The van der Waals surface area contributed by atoms with E-state index in [2.05, 4.69) is 28.6 Å². The molecule has 0 radical (unpaired) electrons. The first-order valence-corrected chi connectivity index (χ1v) is 10.2. The number of amides is 1. The maximum atomic E-state index is 12.7. The Morgan fingerprint density at radius 1 is 1.31 bits per heavy atom. The third-order valence-electron chi connectivity index (χ3n) is 4.80. The quantitative estimate of drug-likeness (QED) is 0.546. The van der Waals surface area contributed by atoms with E-state index >= 15 is 0 Å². The molecule has 1 aromatic heterocycles. The lowest BCUT2D eigenvalue weighted by molar-refractivity contribution is -0.132. The Kier molecular flexibility index (Phi) is 6.50. The van der Waals surface area contributed by atoms with Gasteiger partial charge in [-0.25, -0.2) is 0 Å². The smallest absolute Gasteiger partial charge is 0.233 e. The van der Waals surface area contributed by atoms with Crippen molar-refractivity contribution in [2.75, 3.05) is 12.3 Å². The van der Waals surface area contributed by atoms with Gasteiger partial charge in [0.2, 0.25) is 5.91 Å². The second kappa shape index (κ2) is 9.03. The van der Waals surface area contributed by atoms with E-state index in [-0.39, 0.29) is 5.91 Å². The van der Waals surface area contributed by atoms with Gasteiger partial charge in [-0.3, -0.25) is 9.36 Å². The van der Waals surface area contributed by atoms with Crippen LogP contribution >= 0.6 is 11.8 Å². The molecule has 1 aromatic carbocycles. The molecule has 1 amide bonds. The highest BCUT2D eigenvalue weighted by molar-refractivity contribution is 7.99. The maximum absolute atomic E-state index is 12.7. The van der Waals surface area contributed by atoms with E-state index < -0.39 is 0 Å². The van der Waals surface area contributed by atoms with Crippen LogP contribution in [0.15, 0.2) is 48.1 Å². The van der Waals surface area contributed by atoms with Crippen LogP contribution in [0.2, 0.25) is 0 Å². The summed E-state index contributed by atoms with van der Waals surface area (Å²) in [5.41, 5.74) is 1.02. The predicted molar refractivity (Wildman–Crippen MR) is 106 cm³/mol. The standard InChI is InChI=1S/C20H26N4OS/c1-3-13-24-19(16-10-6-5-7-11-16)21-22-20(24)26-15-18(25)23-14-9-8-12-17(23)4-2/h3,5-7,10-11,17H,1,4,8-9,12-15H2,2H3. The highest BCUT2D eigenvalue weighted by Crippen LogP contribution is 2.26. The van der Waals surface area contributed by atoms with Gasteiger partial charge in [0.1, 0.15) is 0 Å². The fourth-order valence-corrected chi connectivity index (χ4v) is 4.29. The Morgan fingerprint density at radius 2 is 2.12 bits per heavy atom. The number of aromatic nitrogens is 3. The lowest BCUT2D eigenvalue weighted by Crippen LogP contribution is -2.44. The molecule has 1 aliphatic rings. The van der Waals surface area contributed by atoms with Crippen molar-refractivity contribution in [3.05, 3.63) is 43.0 Å². The van der Waals surface area contributed by atoms with Gasteiger partial charge in [-0.2, -0.15) is 0 Å². The molecule has 5 nitrogen and oxygen atoms in total. The number of benzene rings is 1. The van der Waals surface area contributed by atoms with Gasteiger partial charge in [-0.15, -0.1) is 16.8 Å². The molecule has 0 spiro atoms. The Balaban J connectivity index is 1.72. The number of piperidine rings is 1. The third-order valence-corrected chi connectivity index (χ3v) is 5.76. The minimum atomic E-state index is 0.205. The van der Waals surface area contributed by atoms with Gasteiger partial charge in [0.05, 0.1) is 5.75 Å². The minimum Gasteiger partial charge on any atom is -0.339 e. The molecule has 0 aliphatic carbocycles. The van der Waals surface area contributed by atoms with Gasteiger partial charge in [-0.05, 0) is 25.7 Å². The molecule has 1 atom stereocenters. The Hall–Kier alpha value is -2.08. The van der Waals surface area contributed by atoms with Crippen molar-refractivity contribution in [2.24, 2.45) is 0 Å². The topological polar surface area (TPSA) is 51.0 Å². The summed E-state index contributed by atoms with van der Waals surface area (Å²) in [6.45, 7) is 7.50. The number of hydrogen-bond acceptors (Lipinski definition) is 4. The van der Waals surface area contributed by atoms with Crippen LogP contribution in [-0.4, -0.2) is 43.9 Å². The first-order valence-electron chi connectivity index (χ1n) is 9.26. The van der Waals surface area contributed by atoms with E-state index in [1.807, 2.05) is 41.0 Å². The van der Waals surface area contributed by atoms with Crippen LogP contribution in [-0.2, 0) is 11.3 Å². The van der Waals surface area contributed by atoms with Crippen LogP contribution in [0.3, 0.4) is 0 Å². The lowest BCUT2D eigenvalue weighted by Gasteiger charge is -2.35. The van der Waals surface area contributed by atoms with E-state index in [1.165, 1.54) is 18.2 Å². The molecule has 6 heteroatoms. The number of rotatable bonds is 7. The number of thioether (sulfide) groups is 1. The molecule has 138 valence electrons. The zero-order valence-electron chi connectivity index (χ0n) is 15.3. The van der Waals surface area contributed by atoms with E-state index in [9.17, 15) is 4.79 Å². The summed E-state index contributed by atoms with van der Waals surface area (Å²) in [6, 6.07) is 10.4. The van der Waals surface area contributed by atoms with Gasteiger partial charge in [0, 0.05) is 24.7 Å². The third kappa shape index (κ3) is 4.18. The molecule has 0 N–H and O–H groups in total. The van der Waals surface area contributed by atoms with Gasteiger partial charge >= 0.3 is 0 Å². The number of hydrogen-bond donors (Lipinski definition) is 0.